The van der Waals surface area contributed by atoms with E-state index in [0.29, 0.717) is 10.9 Å². The first kappa shape index (κ1) is 16.5. The zero-order valence-corrected chi connectivity index (χ0v) is 13.5. The molecule has 0 spiro atoms. The fraction of sp³-hybridized carbons (Fsp3) is 0.133. The molecule has 0 saturated heterocycles. The van der Waals surface area contributed by atoms with E-state index in [4.69, 9.17) is 20.6 Å². The average molecular weight is 340 g/mol. The summed E-state index contributed by atoms with van der Waals surface area (Å²) in [6.45, 7) is 3.65. The predicted molar refractivity (Wildman–Crippen MR) is 84.7 cm³/mol. The highest BCUT2D eigenvalue weighted by molar-refractivity contribution is 7.85. The van der Waals surface area contributed by atoms with E-state index in [-0.39, 0.29) is 4.90 Å². The monoisotopic (exact) mass is 339 g/mol. The quantitative estimate of drug-likeness (QED) is 0.677. The standard InChI is InChI=1S/C8H6ClNO.C7H8O3S/c1-5-10-7-4-6(9)2-3-8(7)11-5;1-6-2-4-7(5-3-6)11(8,9)10/h2-4H,1H3;2-5H,1H3,(H,8,9,10). The number of aryl methyl sites for hydroxylation is 2. The number of aromatic nitrogens is 1. The number of hydrogen-bond acceptors (Lipinski definition) is 4. The molecule has 1 heterocycles. The van der Waals surface area contributed by atoms with Crippen LogP contribution in [0.1, 0.15) is 11.5 Å². The topological polar surface area (TPSA) is 80.4 Å². The lowest BCUT2D eigenvalue weighted by molar-refractivity contribution is 0.483. The van der Waals surface area contributed by atoms with Crippen molar-refractivity contribution in [2.75, 3.05) is 0 Å². The van der Waals surface area contributed by atoms with Crippen LogP contribution in [0.25, 0.3) is 11.1 Å². The van der Waals surface area contributed by atoms with Gasteiger partial charge in [-0.1, -0.05) is 29.3 Å². The molecule has 0 aliphatic heterocycles. The molecular formula is C15H14ClNO4S. The van der Waals surface area contributed by atoms with Crippen molar-refractivity contribution in [3.05, 3.63) is 58.9 Å². The van der Waals surface area contributed by atoms with E-state index in [0.717, 1.165) is 16.7 Å². The highest BCUT2D eigenvalue weighted by Gasteiger charge is 2.06. The summed E-state index contributed by atoms with van der Waals surface area (Å²) in [5.41, 5.74) is 2.55. The maximum absolute atomic E-state index is 10.5. The minimum atomic E-state index is -4.02. The summed E-state index contributed by atoms with van der Waals surface area (Å²) >= 11 is 5.75. The fourth-order valence-corrected chi connectivity index (χ4v) is 2.37. The Labute approximate surface area is 133 Å². The molecule has 0 unspecified atom stereocenters. The molecule has 3 aromatic rings. The number of nitrogens with zero attached hydrogens (tertiary/aromatic N) is 1. The third-order valence-corrected chi connectivity index (χ3v) is 3.88. The Bertz CT molecular complexity index is 886. The molecule has 0 atom stereocenters. The molecule has 1 aromatic heterocycles. The van der Waals surface area contributed by atoms with E-state index < -0.39 is 10.1 Å². The van der Waals surface area contributed by atoms with E-state index >= 15 is 0 Å². The van der Waals surface area contributed by atoms with Crippen molar-refractivity contribution in [3.63, 3.8) is 0 Å². The molecule has 22 heavy (non-hydrogen) atoms. The van der Waals surface area contributed by atoms with E-state index in [9.17, 15) is 8.42 Å². The minimum absolute atomic E-state index is 0.0666. The van der Waals surface area contributed by atoms with Crippen LogP contribution < -0.4 is 0 Å². The van der Waals surface area contributed by atoms with Crippen LogP contribution in [0.3, 0.4) is 0 Å². The number of oxazole rings is 1. The number of rotatable bonds is 1. The molecule has 2 aromatic carbocycles. The second-order valence-electron chi connectivity index (χ2n) is 4.63. The van der Waals surface area contributed by atoms with Gasteiger partial charge in [0.05, 0.1) is 4.90 Å². The van der Waals surface area contributed by atoms with E-state index in [1.807, 2.05) is 19.9 Å². The second-order valence-corrected chi connectivity index (χ2v) is 6.49. The van der Waals surface area contributed by atoms with Gasteiger partial charge < -0.3 is 4.42 Å². The Kier molecular flexibility index (Phi) is 4.85. The molecule has 0 saturated carbocycles. The molecule has 5 nitrogen and oxygen atoms in total. The van der Waals surface area contributed by atoms with Crippen molar-refractivity contribution < 1.29 is 17.4 Å². The molecule has 7 heteroatoms. The van der Waals surface area contributed by atoms with Gasteiger partial charge >= 0.3 is 0 Å². The average Bonchev–Trinajstić information content (AvgIpc) is 2.78. The zero-order chi connectivity index (χ0) is 16.3. The molecular weight excluding hydrogens is 326 g/mol. The zero-order valence-electron chi connectivity index (χ0n) is 11.9. The minimum Gasteiger partial charge on any atom is -0.441 e. The van der Waals surface area contributed by atoms with Crippen molar-refractivity contribution in [1.82, 2.24) is 4.98 Å². The van der Waals surface area contributed by atoms with Gasteiger partial charge in [-0.2, -0.15) is 8.42 Å². The van der Waals surface area contributed by atoms with Gasteiger partial charge in [-0.25, -0.2) is 4.98 Å². The Morgan fingerprint density at radius 3 is 2.32 bits per heavy atom. The van der Waals surface area contributed by atoms with Crippen LogP contribution in [-0.2, 0) is 10.1 Å². The maximum Gasteiger partial charge on any atom is 0.294 e. The van der Waals surface area contributed by atoms with Crippen LogP contribution in [-0.4, -0.2) is 18.0 Å². The first-order chi connectivity index (χ1) is 10.3. The predicted octanol–water partition coefficient (Wildman–Crippen LogP) is 4.03. The summed E-state index contributed by atoms with van der Waals surface area (Å²) in [6, 6.07) is 11.4. The van der Waals surface area contributed by atoms with Gasteiger partial charge in [-0.3, -0.25) is 4.55 Å². The summed E-state index contributed by atoms with van der Waals surface area (Å²) < 4.78 is 34.8. The molecule has 0 fully saturated rings. The van der Waals surface area contributed by atoms with Crippen LogP contribution >= 0.6 is 11.6 Å². The molecule has 3 rings (SSSR count). The maximum atomic E-state index is 10.5. The van der Waals surface area contributed by atoms with Gasteiger partial charge in [0.1, 0.15) is 5.52 Å². The number of hydrogen-bond donors (Lipinski definition) is 1. The second kappa shape index (κ2) is 6.48. The van der Waals surface area contributed by atoms with Crippen LogP contribution in [0.4, 0.5) is 0 Å². The summed E-state index contributed by atoms with van der Waals surface area (Å²) in [5, 5.41) is 0.686. The van der Waals surface area contributed by atoms with Crippen molar-refractivity contribution in [2.45, 2.75) is 18.7 Å². The van der Waals surface area contributed by atoms with Gasteiger partial charge in [-0.15, -0.1) is 0 Å². The normalized spacial score (nSPS) is 11.1. The van der Waals surface area contributed by atoms with Crippen molar-refractivity contribution in [1.29, 1.82) is 0 Å². The number of halogens is 1. The lowest BCUT2D eigenvalue weighted by Gasteiger charge is -1.95. The molecule has 0 bridgehead atoms. The highest BCUT2D eigenvalue weighted by atomic mass is 35.5. The largest absolute Gasteiger partial charge is 0.441 e. The van der Waals surface area contributed by atoms with Crippen LogP contribution in [0, 0.1) is 13.8 Å². The van der Waals surface area contributed by atoms with Crippen LogP contribution in [0.15, 0.2) is 51.8 Å². The van der Waals surface area contributed by atoms with Crippen LogP contribution in [0.2, 0.25) is 5.02 Å². The third kappa shape index (κ3) is 4.30. The third-order valence-electron chi connectivity index (χ3n) is 2.78. The van der Waals surface area contributed by atoms with Gasteiger partial charge in [0.25, 0.3) is 10.1 Å². The molecule has 0 amide bonds. The van der Waals surface area contributed by atoms with Crippen LogP contribution in [0.5, 0.6) is 0 Å². The van der Waals surface area contributed by atoms with E-state index in [1.54, 1.807) is 24.3 Å². The summed E-state index contributed by atoms with van der Waals surface area (Å²) in [7, 11) is -4.02. The highest BCUT2D eigenvalue weighted by Crippen LogP contribution is 2.19. The Morgan fingerprint density at radius 1 is 1.09 bits per heavy atom. The van der Waals surface area contributed by atoms with Gasteiger partial charge in [0, 0.05) is 11.9 Å². The first-order valence-electron chi connectivity index (χ1n) is 6.32. The van der Waals surface area contributed by atoms with E-state index in [1.165, 1.54) is 12.1 Å². The van der Waals surface area contributed by atoms with Crippen molar-refractivity contribution >= 4 is 32.8 Å². The van der Waals surface area contributed by atoms with Gasteiger partial charge in [-0.05, 0) is 37.3 Å². The van der Waals surface area contributed by atoms with Gasteiger partial charge in [0.15, 0.2) is 11.5 Å². The molecule has 0 radical (unpaired) electrons. The molecule has 1 N–H and O–H groups in total. The Morgan fingerprint density at radius 2 is 1.73 bits per heavy atom. The van der Waals surface area contributed by atoms with E-state index in [2.05, 4.69) is 4.98 Å². The summed E-state index contributed by atoms with van der Waals surface area (Å²) in [5.74, 6) is 0.669. The summed E-state index contributed by atoms with van der Waals surface area (Å²) in [4.78, 5) is 4.06. The SMILES string of the molecule is Cc1ccc(S(=O)(=O)O)cc1.Cc1nc2cc(Cl)ccc2o1. The first-order valence-corrected chi connectivity index (χ1v) is 8.14. The van der Waals surface area contributed by atoms with Gasteiger partial charge in [0.2, 0.25) is 0 Å². The fourth-order valence-electron chi connectivity index (χ4n) is 1.73. The smallest absolute Gasteiger partial charge is 0.294 e. The van der Waals surface area contributed by atoms with Crippen molar-refractivity contribution in [2.24, 2.45) is 0 Å². The Hall–Kier alpha value is -1.89. The molecule has 0 aliphatic carbocycles. The number of fused-ring (bicyclic) bond motifs is 1. The lowest BCUT2D eigenvalue weighted by atomic mass is 10.2. The molecule has 0 aliphatic rings. The Balaban J connectivity index is 0.000000160. The summed E-state index contributed by atoms with van der Waals surface area (Å²) in [6.07, 6.45) is 0. The molecule has 116 valence electrons. The number of benzene rings is 2. The van der Waals surface area contributed by atoms with Crippen molar-refractivity contribution in [3.8, 4) is 0 Å². The lowest BCUT2D eigenvalue weighted by Crippen LogP contribution is -1.96.